The first-order valence-electron chi connectivity index (χ1n) is 15.3. The summed E-state index contributed by atoms with van der Waals surface area (Å²) in [4.78, 5) is 2.33. The molecule has 0 amide bonds. The molecule has 0 saturated carbocycles. The van der Waals surface area contributed by atoms with Gasteiger partial charge in [0.25, 0.3) is 0 Å². The second-order valence-electron chi connectivity index (χ2n) is 11.5. The monoisotopic (exact) mass is 551 g/mol. The summed E-state index contributed by atoms with van der Waals surface area (Å²) in [5.74, 6) is 0. The molecule has 6 bridgehead atoms. The zero-order valence-corrected chi connectivity index (χ0v) is 24.6. The van der Waals surface area contributed by atoms with Gasteiger partial charge in [0, 0.05) is 17.1 Å². The fraction of sp³-hybridized carbons (Fsp3) is 0.0952. The Morgan fingerprint density at radius 1 is 0.605 bits per heavy atom. The minimum absolute atomic E-state index is 1.08. The first-order chi connectivity index (χ1) is 21.3. The van der Waals surface area contributed by atoms with Crippen LogP contribution >= 0.6 is 0 Å². The van der Waals surface area contributed by atoms with Crippen molar-refractivity contribution in [2.45, 2.75) is 26.7 Å². The highest BCUT2D eigenvalue weighted by Crippen LogP contribution is 2.57. The maximum absolute atomic E-state index is 2.48. The van der Waals surface area contributed by atoms with Crippen molar-refractivity contribution in [1.29, 1.82) is 0 Å². The summed E-state index contributed by atoms with van der Waals surface area (Å²) in [7, 11) is 0. The van der Waals surface area contributed by atoms with Crippen molar-refractivity contribution in [3.05, 3.63) is 162 Å². The van der Waals surface area contributed by atoms with Crippen LogP contribution in [-0.2, 0) is 0 Å². The lowest BCUT2D eigenvalue weighted by Crippen LogP contribution is -2.15. The second-order valence-corrected chi connectivity index (χ2v) is 11.5. The van der Waals surface area contributed by atoms with Gasteiger partial charge in [-0.25, -0.2) is 0 Å². The van der Waals surface area contributed by atoms with Gasteiger partial charge < -0.3 is 4.90 Å². The molecule has 0 N–H and O–H groups in total. The fourth-order valence-electron chi connectivity index (χ4n) is 7.31. The van der Waals surface area contributed by atoms with E-state index in [0.29, 0.717) is 0 Å². The van der Waals surface area contributed by atoms with Gasteiger partial charge in [0.15, 0.2) is 0 Å². The van der Waals surface area contributed by atoms with E-state index in [-0.39, 0.29) is 0 Å². The topological polar surface area (TPSA) is 3.24 Å². The lowest BCUT2D eigenvalue weighted by Gasteiger charge is -2.27. The maximum atomic E-state index is 2.48. The number of allylic oxidation sites excluding steroid dienone is 7. The summed E-state index contributed by atoms with van der Waals surface area (Å²) < 4.78 is 0. The van der Waals surface area contributed by atoms with Gasteiger partial charge >= 0.3 is 0 Å². The van der Waals surface area contributed by atoms with Gasteiger partial charge in [0.05, 0.1) is 0 Å². The summed E-state index contributed by atoms with van der Waals surface area (Å²) in [6.07, 6.45) is 11.1. The van der Waals surface area contributed by atoms with E-state index < -0.39 is 0 Å². The molecule has 5 aromatic carbocycles. The first-order valence-corrected chi connectivity index (χ1v) is 15.3. The number of fused-ring (bicyclic) bond motifs is 4. The highest BCUT2D eigenvalue weighted by Gasteiger charge is 2.33. The summed E-state index contributed by atoms with van der Waals surface area (Å²) >= 11 is 0. The molecular formula is C42H33N. The molecule has 0 fully saturated rings. The van der Waals surface area contributed by atoms with Crippen LogP contribution in [0.25, 0.3) is 50.1 Å². The molecule has 0 spiro atoms. The number of hydrogen-bond acceptors (Lipinski definition) is 1. The Hall–Kier alpha value is -5.14. The minimum atomic E-state index is 1.08. The molecule has 0 saturated heterocycles. The van der Waals surface area contributed by atoms with E-state index in [0.717, 1.165) is 29.9 Å². The van der Waals surface area contributed by atoms with Crippen molar-refractivity contribution in [2.75, 3.05) is 4.90 Å². The summed E-state index contributed by atoms with van der Waals surface area (Å²) in [6.45, 7) is 4.18. The van der Waals surface area contributed by atoms with Crippen LogP contribution < -0.4 is 4.90 Å². The molecule has 43 heavy (non-hydrogen) atoms. The Morgan fingerprint density at radius 2 is 1.33 bits per heavy atom. The van der Waals surface area contributed by atoms with Crippen molar-refractivity contribution in [2.24, 2.45) is 0 Å². The van der Waals surface area contributed by atoms with Crippen LogP contribution in [0.3, 0.4) is 0 Å². The molecule has 1 nitrogen and oxygen atoms in total. The zero-order chi connectivity index (χ0) is 28.9. The third-order valence-electron chi connectivity index (χ3n) is 9.11. The lowest BCUT2D eigenvalue weighted by molar-refractivity contribution is 1.06. The molecule has 8 rings (SSSR count). The highest BCUT2D eigenvalue weighted by atomic mass is 15.1. The molecule has 5 aromatic rings. The Kier molecular flexibility index (Phi) is 6.12. The summed E-state index contributed by atoms with van der Waals surface area (Å²) in [5.41, 5.74) is 19.7. The molecular weight excluding hydrogens is 518 g/mol. The standard InChI is InChI=1S/C42H33N/c1-3-13-30(4-2)43(31-15-6-5-7-16-31)32-17-10-14-28(26-32)29-24-25-34-37-21-12-22-38-39-23-11-20-36(42(39)40(34)27-29)33-18-8-9-19-35(33)41(37)38/h3-11,13-21,23-27H,12,22H2,1-2H3/b13-3-,30-4+. The average molecular weight is 552 g/mol. The van der Waals surface area contributed by atoms with E-state index in [1.54, 1.807) is 0 Å². The van der Waals surface area contributed by atoms with E-state index in [1.165, 1.54) is 66.8 Å². The van der Waals surface area contributed by atoms with Crippen molar-refractivity contribution in [3.8, 4) is 33.4 Å². The predicted octanol–water partition coefficient (Wildman–Crippen LogP) is 11.7. The van der Waals surface area contributed by atoms with Crippen LogP contribution in [0.4, 0.5) is 11.4 Å². The molecule has 0 radical (unpaired) electrons. The molecule has 0 unspecified atom stereocenters. The van der Waals surface area contributed by atoms with Gasteiger partial charge in [-0.1, -0.05) is 103 Å². The minimum Gasteiger partial charge on any atom is -0.311 e. The largest absolute Gasteiger partial charge is 0.311 e. The van der Waals surface area contributed by atoms with E-state index >= 15 is 0 Å². The third kappa shape index (κ3) is 4.00. The normalized spacial score (nSPS) is 14.7. The maximum Gasteiger partial charge on any atom is 0.0467 e. The SMILES string of the molecule is C/C=C\C(=C/C)N(c1ccccc1)c1cccc(-c2ccc3c(c2)-c2c4cccc2-c2ccccc2C2=C4CCC=C23)c1. The highest BCUT2D eigenvalue weighted by molar-refractivity contribution is 6.25. The van der Waals surface area contributed by atoms with Crippen LogP contribution in [-0.4, -0.2) is 0 Å². The van der Waals surface area contributed by atoms with Gasteiger partial charge in [0.1, 0.15) is 0 Å². The quantitative estimate of drug-likeness (QED) is 0.196. The van der Waals surface area contributed by atoms with Crippen molar-refractivity contribution < 1.29 is 0 Å². The average Bonchev–Trinajstić information content (AvgIpc) is 3.17. The molecule has 0 atom stereocenters. The van der Waals surface area contributed by atoms with Crippen LogP contribution in [0.5, 0.6) is 0 Å². The number of benzene rings is 5. The molecule has 1 heteroatoms. The molecule has 0 aliphatic heterocycles. The summed E-state index contributed by atoms with van der Waals surface area (Å²) in [5, 5.41) is 0. The van der Waals surface area contributed by atoms with E-state index in [4.69, 9.17) is 0 Å². The van der Waals surface area contributed by atoms with Crippen LogP contribution in [0.1, 0.15) is 43.4 Å². The van der Waals surface area contributed by atoms with Gasteiger partial charge in [-0.3, -0.25) is 0 Å². The number of hydrogen-bond donors (Lipinski definition) is 0. The number of rotatable bonds is 5. The van der Waals surface area contributed by atoms with Crippen LogP contribution in [0.2, 0.25) is 0 Å². The third-order valence-corrected chi connectivity index (χ3v) is 9.11. The van der Waals surface area contributed by atoms with Crippen molar-refractivity contribution in [3.63, 3.8) is 0 Å². The second kappa shape index (κ2) is 10.3. The Balaban J connectivity index is 1.33. The molecule has 0 aromatic heterocycles. The first kappa shape index (κ1) is 25.6. The molecule has 3 aliphatic rings. The van der Waals surface area contributed by atoms with Crippen LogP contribution in [0.15, 0.2) is 145 Å². The zero-order valence-electron chi connectivity index (χ0n) is 24.6. The smallest absolute Gasteiger partial charge is 0.0467 e. The fourth-order valence-corrected chi connectivity index (χ4v) is 7.31. The predicted molar refractivity (Wildman–Crippen MR) is 184 cm³/mol. The van der Waals surface area contributed by atoms with Crippen molar-refractivity contribution in [1.82, 2.24) is 0 Å². The lowest BCUT2D eigenvalue weighted by atomic mass is 9.79. The van der Waals surface area contributed by atoms with E-state index in [9.17, 15) is 0 Å². The van der Waals surface area contributed by atoms with Gasteiger partial charge in [-0.2, -0.15) is 0 Å². The number of nitrogens with zero attached hydrogens (tertiary/aromatic N) is 1. The van der Waals surface area contributed by atoms with E-state index in [2.05, 4.69) is 158 Å². The Bertz CT molecular complexity index is 2030. The molecule has 0 heterocycles. The van der Waals surface area contributed by atoms with Crippen LogP contribution in [0, 0.1) is 0 Å². The number of para-hydroxylation sites is 1. The van der Waals surface area contributed by atoms with Gasteiger partial charge in [-0.15, -0.1) is 0 Å². The summed E-state index contributed by atoms with van der Waals surface area (Å²) in [6, 6.07) is 42.7. The molecule has 3 aliphatic carbocycles. The Morgan fingerprint density at radius 3 is 2.16 bits per heavy atom. The molecule has 206 valence electrons. The Labute approximate surface area is 254 Å². The number of anilines is 2. The van der Waals surface area contributed by atoms with Gasteiger partial charge in [-0.05, 0) is 130 Å². The van der Waals surface area contributed by atoms with E-state index in [1.807, 2.05) is 0 Å². The van der Waals surface area contributed by atoms with Crippen molar-refractivity contribution >= 4 is 28.1 Å². The van der Waals surface area contributed by atoms with Gasteiger partial charge in [0.2, 0.25) is 0 Å².